The maximum Gasteiger partial charge on any atom is 0.256 e. The van der Waals surface area contributed by atoms with Crippen LogP contribution in [0.25, 0.3) is 11.1 Å². The van der Waals surface area contributed by atoms with E-state index in [0.717, 1.165) is 11.1 Å². The van der Waals surface area contributed by atoms with Crippen molar-refractivity contribution in [3.8, 4) is 11.1 Å². The molecule has 1 unspecified atom stereocenters. The first kappa shape index (κ1) is 18.4. The van der Waals surface area contributed by atoms with Gasteiger partial charge in [0.05, 0.1) is 0 Å². The molecule has 5 nitrogen and oxygen atoms in total. The predicted octanol–water partition coefficient (Wildman–Crippen LogP) is 3.67. The van der Waals surface area contributed by atoms with Crippen molar-refractivity contribution in [3.05, 3.63) is 90.0 Å². The lowest BCUT2D eigenvalue weighted by Gasteiger charge is -2.12. The molecule has 0 aliphatic heterocycles. The molecule has 3 rings (SSSR count). The molecular weight excluding hydrogens is 340 g/mol. The summed E-state index contributed by atoms with van der Waals surface area (Å²) >= 11 is 0. The van der Waals surface area contributed by atoms with Gasteiger partial charge in [-0.25, -0.2) is 0 Å². The maximum absolute atomic E-state index is 12.8. The number of carbonyl (C=O) groups excluding carboxylic acids is 2. The van der Waals surface area contributed by atoms with Crippen molar-refractivity contribution in [1.82, 2.24) is 5.32 Å². The van der Waals surface area contributed by atoms with E-state index in [2.05, 4.69) is 10.6 Å². The van der Waals surface area contributed by atoms with Crippen LogP contribution in [0.3, 0.4) is 0 Å². The molecule has 0 saturated carbocycles. The molecule has 0 aromatic heterocycles. The van der Waals surface area contributed by atoms with Gasteiger partial charge in [-0.3, -0.25) is 9.59 Å². The van der Waals surface area contributed by atoms with Crippen molar-refractivity contribution in [3.63, 3.8) is 0 Å². The highest BCUT2D eigenvalue weighted by Gasteiger charge is 2.14. The first-order chi connectivity index (χ1) is 13.0. The highest BCUT2D eigenvalue weighted by Crippen LogP contribution is 2.24. The monoisotopic (exact) mass is 360 g/mol. The number of nitrogens with one attached hydrogen (secondary N) is 2. The van der Waals surface area contributed by atoms with Crippen LogP contribution >= 0.6 is 0 Å². The Balaban J connectivity index is 1.84. The van der Waals surface area contributed by atoms with Crippen LogP contribution in [0.15, 0.2) is 78.9 Å². The molecule has 0 saturated heterocycles. The minimum atomic E-state index is -0.950. The zero-order valence-electron chi connectivity index (χ0n) is 14.8. The summed E-state index contributed by atoms with van der Waals surface area (Å²) in [5.74, 6) is -0.673. The molecule has 2 amide bonds. The fourth-order valence-electron chi connectivity index (χ4n) is 2.76. The van der Waals surface area contributed by atoms with Gasteiger partial charge in [0.15, 0.2) is 0 Å². The van der Waals surface area contributed by atoms with Crippen molar-refractivity contribution >= 4 is 17.5 Å². The molecule has 3 N–H and O–H groups in total. The Hall–Kier alpha value is -3.44. The topological polar surface area (TPSA) is 78.4 Å². The van der Waals surface area contributed by atoms with Gasteiger partial charge in [0.1, 0.15) is 6.23 Å². The fraction of sp³-hybridized carbons (Fsp3) is 0.0909. The van der Waals surface area contributed by atoms with Gasteiger partial charge >= 0.3 is 0 Å². The molecule has 0 aliphatic carbocycles. The average molecular weight is 360 g/mol. The van der Waals surface area contributed by atoms with Gasteiger partial charge in [0, 0.05) is 16.8 Å². The summed E-state index contributed by atoms with van der Waals surface area (Å²) in [4.78, 5) is 24.8. The van der Waals surface area contributed by atoms with Crippen LogP contribution in [-0.4, -0.2) is 23.1 Å². The van der Waals surface area contributed by atoms with Crippen LogP contribution in [0.1, 0.15) is 27.6 Å². The molecule has 0 bridgehead atoms. The molecule has 0 radical (unpaired) electrons. The zero-order valence-corrected chi connectivity index (χ0v) is 14.8. The number of aliphatic hydroxyl groups is 1. The van der Waals surface area contributed by atoms with E-state index < -0.39 is 12.1 Å². The largest absolute Gasteiger partial charge is 0.374 e. The Kier molecular flexibility index (Phi) is 5.64. The third-order valence-electron chi connectivity index (χ3n) is 3.98. The lowest BCUT2D eigenvalue weighted by molar-refractivity contribution is 0.0818. The standard InChI is InChI=1S/C22H20N2O3/c1-15(25)23-21(26)17-10-7-11-18(14-17)24-22(27)20-13-6-5-12-19(20)16-8-3-2-4-9-16/h2-15,25H,1H3,(H,23,26)(H,24,27). The Bertz CT molecular complexity index is 953. The number of hydrogen-bond donors (Lipinski definition) is 3. The van der Waals surface area contributed by atoms with E-state index in [-0.39, 0.29) is 5.91 Å². The van der Waals surface area contributed by atoms with Crippen LogP contribution in [0.4, 0.5) is 5.69 Å². The second kappa shape index (κ2) is 8.29. The molecule has 5 heteroatoms. The summed E-state index contributed by atoms with van der Waals surface area (Å²) < 4.78 is 0. The number of benzene rings is 3. The Morgan fingerprint density at radius 2 is 1.56 bits per heavy atom. The minimum Gasteiger partial charge on any atom is -0.374 e. The lowest BCUT2D eigenvalue weighted by Crippen LogP contribution is -2.32. The Morgan fingerprint density at radius 1 is 0.852 bits per heavy atom. The zero-order chi connectivity index (χ0) is 19.2. The summed E-state index contributed by atoms with van der Waals surface area (Å²) in [6.07, 6.45) is -0.950. The first-order valence-electron chi connectivity index (χ1n) is 8.59. The summed E-state index contributed by atoms with van der Waals surface area (Å²) in [7, 11) is 0. The maximum atomic E-state index is 12.8. The molecule has 3 aromatic carbocycles. The van der Waals surface area contributed by atoms with Gasteiger partial charge in [0.25, 0.3) is 11.8 Å². The smallest absolute Gasteiger partial charge is 0.256 e. The van der Waals surface area contributed by atoms with E-state index in [1.165, 1.54) is 6.92 Å². The van der Waals surface area contributed by atoms with Crippen LogP contribution < -0.4 is 10.6 Å². The van der Waals surface area contributed by atoms with Crippen LogP contribution in [0, 0.1) is 0 Å². The molecular formula is C22H20N2O3. The number of aliphatic hydroxyl groups excluding tert-OH is 1. The SMILES string of the molecule is CC(O)NC(=O)c1cccc(NC(=O)c2ccccc2-c2ccccc2)c1. The number of hydrogen-bond acceptors (Lipinski definition) is 3. The number of carbonyl (C=O) groups is 2. The van der Waals surface area contributed by atoms with E-state index in [9.17, 15) is 14.7 Å². The van der Waals surface area contributed by atoms with Crippen molar-refractivity contribution < 1.29 is 14.7 Å². The Labute approximate surface area is 157 Å². The quantitative estimate of drug-likeness (QED) is 0.608. The minimum absolute atomic E-state index is 0.262. The normalized spacial score (nSPS) is 11.5. The van der Waals surface area contributed by atoms with Crippen molar-refractivity contribution in [2.75, 3.05) is 5.32 Å². The summed E-state index contributed by atoms with van der Waals surface area (Å²) in [5, 5.41) is 14.5. The summed E-state index contributed by atoms with van der Waals surface area (Å²) in [6, 6.07) is 23.6. The number of anilines is 1. The number of rotatable bonds is 5. The molecule has 0 aliphatic rings. The van der Waals surface area contributed by atoms with Gasteiger partial charge in [-0.1, -0.05) is 54.6 Å². The molecule has 0 heterocycles. The molecule has 136 valence electrons. The van der Waals surface area contributed by atoms with E-state index in [4.69, 9.17) is 0 Å². The van der Waals surface area contributed by atoms with Gasteiger partial charge in [-0.2, -0.15) is 0 Å². The van der Waals surface area contributed by atoms with E-state index in [0.29, 0.717) is 16.8 Å². The molecule has 3 aromatic rings. The summed E-state index contributed by atoms with van der Waals surface area (Å²) in [5.41, 5.74) is 3.18. The predicted molar refractivity (Wildman–Crippen MR) is 105 cm³/mol. The Morgan fingerprint density at radius 3 is 2.30 bits per heavy atom. The van der Waals surface area contributed by atoms with Gasteiger partial charge in [-0.05, 0) is 42.3 Å². The van der Waals surface area contributed by atoms with Crippen LogP contribution in [0.5, 0.6) is 0 Å². The van der Waals surface area contributed by atoms with Gasteiger partial charge < -0.3 is 15.7 Å². The third-order valence-corrected chi connectivity index (χ3v) is 3.98. The number of amides is 2. The molecule has 0 fully saturated rings. The fourth-order valence-corrected chi connectivity index (χ4v) is 2.76. The van der Waals surface area contributed by atoms with E-state index in [1.807, 2.05) is 48.5 Å². The molecule has 0 spiro atoms. The second-order valence-electron chi connectivity index (χ2n) is 6.10. The average Bonchev–Trinajstić information content (AvgIpc) is 2.68. The highest BCUT2D eigenvalue weighted by atomic mass is 16.3. The van der Waals surface area contributed by atoms with Crippen molar-refractivity contribution in [2.24, 2.45) is 0 Å². The van der Waals surface area contributed by atoms with E-state index in [1.54, 1.807) is 30.3 Å². The third kappa shape index (κ3) is 4.59. The first-order valence-corrected chi connectivity index (χ1v) is 8.59. The second-order valence-corrected chi connectivity index (χ2v) is 6.10. The van der Waals surface area contributed by atoms with E-state index >= 15 is 0 Å². The molecule has 27 heavy (non-hydrogen) atoms. The van der Waals surface area contributed by atoms with Gasteiger partial charge in [-0.15, -0.1) is 0 Å². The van der Waals surface area contributed by atoms with Crippen molar-refractivity contribution in [2.45, 2.75) is 13.2 Å². The lowest BCUT2D eigenvalue weighted by atomic mass is 9.99. The summed E-state index contributed by atoms with van der Waals surface area (Å²) in [6.45, 7) is 1.46. The highest BCUT2D eigenvalue weighted by molar-refractivity contribution is 6.09. The van der Waals surface area contributed by atoms with Gasteiger partial charge in [0.2, 0.25) is 0 Å². The van der Waals surface area contributed by atoms with Crippen molar-refractivity contribution in [1.29, 1.82) is 0 Å². The van der Waals surface area contributed by atoms with Crippen LogP contribution in [-0.2, 0) is 0 Å². The molecule has 1 atom stereocenters. The van der Waals surface area contributed by atoms with Crippen LogP contribution in [0.2, 0.25) is 0 Å².